The van der Waals surface area contributed by atoms with Gasteiger partial charge in [-0.05, 0) is 54.8 Å². The van der Waals surface area contributed by atoms with E-state index in [0.29, 0.717) is 24.3 Å². The highest BCUT2D eigenvalue weighted by molar-refractivity contribution is 6.29. The van der Waals surface area contributed by atoms with Gasteiger partial charge in [-0.15, -0.1) is 0 Å². The minimum Gasteiger partial charge on any atom is -0.484 e. The second kappa shape index (κ2) is 7.60. The van der Waals surface area contributed by atoms with E-state index in [1.165, 1.54) is 18.2 Å². The molecule has 0 saturated carbocycles. The zero-order valence-electron chi connectivity index (χ0n) is 14.1. The van der Waals surface area contributed by atoms with E-state index in [1.807, 2.05) is 0 Å². The van der Waals surface area contributed by atoms with Crippen LogP contribution in [0.2, 0.25) is 5.15 Å². The summed E-state index contributed by atoms with van der Waals surface area (Å²) in [5, 5.41) is 3.10. The van der Waals surface area contributed by atoms with Gasteiger partial charge in [0.2, 0.25) is 5.91 Å². The van der Waals surface area contributed by atoms with E-state index in [9.17, 15) is 18.0 Å². The number of hydrogen-bond donors (Lipinski definition) is 1. The first-order chi connectivity index (χ1) is 12.8. The van der Waals surface area contributed by atoms with Crippen LogP contribution in [0.1, 0.15) is 41.8 Å². The fourth-order valence-corrected chi connectivity index (χ4v) is 3.16. The summed E-state index contributed by atoms with van der Waals surface area (Å²) in [5.41, 5.74) is 0.577. The van der Waals surface area contributed by atoms with Gasteiger partial charge < -0.3 is 10.1 Å². The summed E-state index contributed by atoms with van der Waals surface area (Å²) in [6.45, 7) is 3.44. The van der Waals surface area contributed by atoms with Crippen molar-refractivity contribution in [2.75, 3.05) is 0 Å². The molecule has 0 saturated heterocycles. The minimum atomic E-state index is -4.40. The third-order valence-electron chi connectivity index (χ3n) is 4.28. The van der Waals surface area contributed by atoms with Crippen molar-refractivity contribution in [3.8, 4) is 5.75 Å². The number of pyridine rings is 1. The molecule has 0 fully saturated rings. The number of rotatable bonds is 4. The van der Waals surface area contributed by atoms with Crippen LogP contribution in [0, 0.1) is 0 Å². The second-order valence-corrected chi connectivity index (χ2v) is 6.47. The lowest BCUT2D eigenvalue weighted by Gasteiger charge is -2.31. The highest BCUT2D eigenvalue weighted by Crippen LogP contribution is 2.39. The van der Waals surface area contributed by atoms with E-state index < -0.39 is 17.8 Å². The SMILES string of the molecule is C=CC(=O)N[C@H]1CC[C@H](Oc2ccc(C(F)(F)F)cc2)c2nc(Cl)ccc21. The number of halogens is 4. The van der Waals surface area contributed by atoms with Crippen molar-refractivity contribution in [2.24, 2.45) is 0 Å². The highest BCUT2D eigenvalue weighted by Gasteiger charge is 2.32. The Bertz CT molecular complexity index is 853. The minimum absolute atomic E-state index is 0.261. The zero-order chi connectivity index (χ0) is 19.6. The lowest BCUT2D eigenvalue weighted by molar-refractivity contribution is -0.137. The summed E-state index contributed by atoms with van der Waals surface area (Å²) >= 11 is 6.00. The fraction of sp³-hybridized carbons (Fsp3) is 0.263. The van der Waals surface area contributed by atoms with Gasteiger partial charge >= 0.3 is 6.18 Å². The monoisotopic (exact) mass is 396 g/mol. The number of benzene rings is 1. The standard InChI is InChI=1S/C19H16ClF3N2O2/c1-2-17(26)24-14-8-9-15(18-13(14)7-10-16(20)25-18)27-12-5-3-11(4-6-12)19(21,22)23/h2-7,10,14-15H,1,8-9H2,(H,24,26)/t14-,15-/m0/s1. The first-order valence-electron chi connectivity index (χ1n) is 8.21. The lowest BCUT2D eigenvalue weighted by atomic mass is 9.89. The van der Waals surface area contributed by atoms with Gasteiger partial charge in [0.15, 0.2) is 0 Å². The molecule has 0 radical (unpaired) electrons. The van der Waals surface area contributed by atoms with Crippen molar-refractivity contribution in [3.63, 3.8) is 0 Å². The van der Waals surface area contributed by atoms with Gasteiger partial charge in [0.05, 0.1) is 17.3 Å². The molecule has 0 bridgehead atoms. The summed E-state index contributed by atoms with van der Waals surface area (Å²) < 4.78 is 43.9. The highest BCUT2D eigenvalue weighted by atomic mass is 35.5. The molecule has 27 heavy (non-hydrogen) atoms. The molecule has 1 aromatic heterocycles. The number of aromatic nitrogens is 1. The Balaban J connectivity index is 1.84. The van der Waals surface area contributed by atoms with Crippen LogP contribution < -0.4 is 10.1 Å². The molecule has 4 nitrogen and oxygen atoms in total. The van der Waals surface area contributed by atoms with Crippen molar-refractivity contribution in [2.45, 2.75) is 31.2 Å². The van der Waals surface area contributed by atoms with Gasteiger partial charge in [0.25, 0.3) is 0 Å². The number of amides is 1. The second-order valence-electron chi connectivity index (χ2n) is 6.08. The van der Waals surface area contributed by atoms with Crippen molar-refractivity contribution in [3.05, 3.63) is 71.0 Å². The first kappa shape index (κ1) is 19.2. The molecule has 3 rings (SSSR count). The van der Waals surface area contributed by atoms with Gasteiger partial charge in [-0.25, -0.2) is 4.98 Å². The van der Waals surface area contributed by atoms with Gasteiger partial charge in [0, 0.05) is 0 Å². The summed E-state index contributed by atoms with van der Waals surface area (Å²) in [4.78, 5) is 16.0. The summed E-state index contributed by atoms with van der Waals surface area (Å²) in [7, 11) is 0. The number of alkyl halides is 3. The maximum absolute atomic E-state index is 12.7. The molecule has 1 aromatic carbocycles. The fourth-order valence-electron chi connectivity index (χ4n) is 3.01. The van der Waals surface area contributed by atoms with Crippen LogP contribution in [0.3, 0.4) is 0 Å². The van der Waals surface area contributed by atoms with Gasteiger partial charge in [-0.1, -0.05) is 24.2 Å². The molecular weight excluding hydrogens is 381 g/mol. The van der Waals surface area contributed by atoms with E-state index in [-0.39, 0.29) is 17.1 Å². The molecule has 142 valence electrons. The van der Waals surface area contributed by atoms with Crippen molar-refractivity contribution >= 4 is 17.5 Å². The molecule has 1 aliphatic rings. The van der Waals surface area contributed by atoms with E-state index >= 15 is 0 Å². The third kappa shape index (κ3) is 4.42. The van der Waals surface area contributed by atoms with Crippen molar-refractivity contribution in [1.29, 1.82) is 0 Å². The van der Waals surface area contributed by atoms with E-state index in [1.54, 1.807) is 12.1 Å². The van der Waals surface area contributed by atoms with Crippen LogP contribution in [0.25, 0.3) is 0 Å². The van der Waals surface area contributed by atoms with Crippen LogP contribution in [-0.4, -0.2) is 10.9 Å². The summed E-state index contributed by atoms with van der Waals surface area (Å²) in [5.74, 6) is -0.00249. The Kier molecular flexibility index (Phi) is 5.41. The van der Waals surface area contributed by atoms with Crippen LogP contribution in [0.5, 0.6) is 5.75 Å². The third-order valence-corrected chi connectivity index (χ3v) is 4.49. The molecule has 1 amide bonds. The molecule has 8 heteroatoms. The molecule has 2 atom stereocenters. The van der Waals surface area contributed by atoms with Gasteiger partial charge in [-0.2, -0.15) is 13.2 Å². The molecule has 1 aliphatic carbocycles. The maximum Gasteiger partial charge on any atom is 0.416 e. The topological polar surface area (TPSA) is 51.2 Å². The predicted octanol–water partition coefficient (Wildman–Crippen LogP) is 5.01. The Morgan fingerprint density at radius 2 is 1.93 bits per heavy atom. The lowest BCUT2D eigenvalue weighted by Crippen LogP contribution is -2.32. The molecular formula is C19H16ClF3N2O2. The molecule has 0 aliphatic heterocycles. The largest absolute Gasteiger partial charge is 0.484 e. The smallest absolute Gasteiger partial charge is 0.416 e. The predicted molar refractivity (Wildman–Crippen MR) is 94.4 cm³/mol. The van der Waals surface area contributed by atoms with E-state index in [4.69, 9.17) is 16.3 Å². The van der Waals surface area contributed by atoms with E-state index in [2.05, 4.69) is 16.9 Å². The summed E-state index contributed by atoms with van der Waals surface area (Å²) in [6, 6.07) is 7.61. The maximum atomic E-state index is 12.7. The number of ether oxygens (including phenoxy) is 1. The molecule has 1 N–H and O–H groups in total. The normalized spacial score (nSPS) is 19.1. The number of carbonyl (C=O) groups is 1. The Labute approximate surface area is 159 Å². The average molecular weight is 397 g/mol. The van der Waals surface area contributed by atoms with Crippen LogP contribution in [-0.2, 0) is 11.0 Å². The van der Waals surface area contributed by atoms with Gasteiger partial charge in [-0.3, -0.25) is 4.79 Å². The molecule has 0 spiro atoms. The number of nitrogens with zero attached hydrogens (tertiary/aromatic N) is 1. The molecule has 0 unspecified atom stereocenters. The number of fused-ring (bicyclic) bond motifs is 1. The van der Waals surface area contributed by atoms with Crippen LogP contribution in [0.4, 0.5) is 13.2 Å². The molecule has 2 aromatic rings. The van der Waals surface area contributed by atoms with Crippen molar-refractivity contribution < 1.29 is 22.7 Å². The Morgan fingerprint density at radius 3 is 2.56 bits per heavy atom. The zero-order valence-corrected chi connectivity index (χ0v) is 14.8. The average Bonchev–Trinajstić information content (AvgIpc) is 2.63. The Morgan fingerprint density at radius 1 is 1.22 bits per heavy atom. The van der Waals surface area contributed by atoms with Crippen LogP contribution >= 0.6 is 11.6 Å². The molecule has 1 heterocycles. The Hall–Kier alpha value is -2.54. The van der Waals surface area contributed by atoms with E-state index in [0.717, 1.165) is 17.7 Å². The van der Waals surface area contributed by atoms with Gasteiger partial charge in [0.1, 0.15) is 17.0 Å². The quantitative estimate of drug-likeness (QED) is 0.583. The summed E-state index contributed by atoms with van der Waals surface area (Å²) in [6.07, 6.45) is -2.59. The number of hydrogen-bond acceptors (Lipinski definition) is 3. The number of nitrogens with one attached hydrogen (secondary N) is 1. The number of carbonyl (C=O) groups excluding carboxylic acids is 1. The van der Waals surface area contributed by atoms with Crippen molar-refractivity contribution in [1.82, 2.24) is 10.3 Å². The first-order valence-corrected chi connectivity index (χ1v) is 8.59. The van der Waals surface area contributed by atoms with Crippen LogP contribution in [0.15, 0.2) is 49.1 Å².